The van der Waals surface area contributed by atoms with Gasteiger partial charge in [0.05, 0.1) is 12.7 Å². The molecule has 0 amide bonds. The molecule has 18 heavy (non-hydrogen) atoms. The van der Waals surface area contributed by atoms with E-state index >= 15 is 0 Å². The van der Waals surface area contributed by atoms with Crippen LogP contribution in [0, 0.1) is 11.6 Å². The highest BCUT2D eigenvalue weighted by atomic mass is 19.1. The molecule has 0 heterocycles. The zero-order valence-corrected chi connectivity index (χ0v) is 10.3. The third-order valence-corrected chi connectivity index (χ3v) is 3.61. The third kappa shape index (κ3) is 2.03. The van der Waals surface area contributed by atoms with Gasteiger partial charge in [-0.2, -0.15) is 0 Å². The van der Waals surface area contributed by atoms with Crippen LogP contribution in [0.15, 0.2) is 6.07 Å². The zero-order valence-electron chi connectivity index (χ0n) is 10.3. The van der Waals surface area contributed by atoms with Crippen molar-refractivity contribution in [3.05, 3.63) is 23.3 Å². The number of rotatable bonds is 2. The van der Waals surface area contributed by atoms with E-state index in [9.17, 15) is 13.9 Å². The number of hydrogen-bond acceptors (Lipinski definition) is 3. The molecule has 0 aliphatic heterocycles. The summed E-state index contributed by atoms with van der Waals surface area (Å²) in [7, 11) is 1.27. The van der Waals surface area contributed by atoms with Crippen molar-refractivity contribution in [2.24, 2.45) is 5.73 Å². The summed E-state index contributed by atoms with van der Waals surface area (Å²) >= 11 is 0. The summed E-state index contributed by atoms with van der Waals surface area (Å²) in [6, 6.07) is 0.931. The van der Waals surface area contributed by atoms with Gasteiger partial charge in [-0.25, -0.2) is 8.78 Å². The van der Waals surface area contributed by atoms with Gasteiger partial charge in [-0.1, -0.05) is 19.3 Å². The Labute approximate surface area is 105 Å². The smallest absolute Gasteiger partial charge is 0.173 e. The molecule has 1 fully saturated rings. The Hall–Kier alpha value is -1.36. The predicted molar refractivity (Wildman–Crippen MR) is 63.5 cm³/mol. The van der Waals surface area contributed by atoms with Gasteiger partial charge in [-0.3, -0.25) is 0 Å². The maximum atomic E-state index is 14.2. The molecule has 0 unspecified atom stereocenters. The largest absolute Gasteiger partial charge is 0.505 e. The fourth-order valence-electron chi connectivity index (χ4n) is 2.62. The normalized spacial score (nSPS) is 18.7. The SMILES string of the molecule is COc1cc(O)c(F)c(C2(N)CCCCC2)c1F. The molecular formula is C13H17F2NO2. The van der Waals surface area contributed by atoms with Crippen LogP contribution in [0.2, 0.25) is 0 Å². The molecule has 1 aliphatic rings. The molecule has 0 saturated heterocycles. The lowest BCUT2D eigenvalue weighted by atomic mass is 9.77. The van der Waals surface area contributed by atoms with Gasteiger partial charge in [0.2, 0.25) is 0 Å². The Morgan fingerprint density at radius 2 is 1.83 bits per heavy atom. The van der Waals surface area contributed by atoms with Crippen LogP contribution >= 0.6 is 0 Å². The fourth-order valence-corrected chi connectivity index (χ4v) is 2.62. The van der Waals surface area contributed by atoms with E-state index in [1.807, 2.05) is 0 Å². The molecule has 1 aromatic carbocycles. The Kier molecular flexibility index (Phi) is 3.43. The maximum Gasteiger partial charge on any atom is 0.173 e. The molecule has 3 N–H and O–H groups in total. The van der Waals surface area contributed by atoms with E-state index in [4.69, 9.17) is 10.5 Å². The second kappa shape index (κ2) is 4.72. The first kappa shape index (κ1) is 13.1. The van der Waals surface area contributed by atoms with Crippen LogP contribution in [0.1, 0.15) is 37.7 Å². The van der Waals surface area contributed by atoms with Gasteiger partial charge in [0.25, 0.3) is 0 Å². The second-order valence-corrected chi connectivity index (χ2v) is 4.82. The van der Waals surface area contributed by atoms with Crippen molar-refractivity contribution in [2.45, 2.75) is 37.6 Å². The minimum Gasteiger partial charge on any atom is -0.505 e. The summed E-state index contributed by atoms with van der Waals surface area (Å²) in [6.45, 7) is 0. The minimum atomic E-state index is -1.06. The van der Waals surface area contributed by atoms with Crippen molar-refractivity contribution in [1.29, 1.82) is 0 Å². The first-order valence-electron chi connectivity index (χ1n) is 6.04. The molecule has 0 bridgehead atoms. The quantitative estimate of drug-likeness (QED) is 0.856. The Bertz CT molecular complexity index is 457. The number of phenols is 1. The van der Waals surface area contributed by atoms with E-state index in [0.717, 1.165) is 25.3 Å². The van der Waals surface area contributed by atoms with Crippen LogP contribution in [0.4, 0.5) is 8.78 Å². The molecule has 0 aromatic heterocycles. The van der Waals surface area contributed by atoms with E-state index in [-0.39, 0.29) is 11.3 Å². The van der Waals surface area contributed by atoms with Crippen LogP contribution in [0.25, 0.3) is 0 Å². The monoisotopic (exact) mass is 257 g/mol. The van der Waals surface area contributed by atoms with Crippen molar-refractivity contribution in [1.82, 2.24) is 0 Å². The van der Waals surface area contributed by atoms with Crippen molar-refractivity contribution < 1.29 is 18.6 Å². The van der Waals surface area contributed by atoms with Gasteiger partial charge in [-0.05, 0) is 12.8 Å². The highest BCUT2D eigenvalue weighted by Crippen LogP contribution is 2.42. The van der Waals surface area contributed by atoms with Crippen LogP contribution in [0.3, 0.4) is 0 Å². The average molecular weight is 257 g/mol. The minimum absolute atomic E-state index is 0.181. The number of halogens is 2. The molecule has 0 atom stereocenters. The molecule has 2 rings (SSSR count). The van der Waals surface area contributed by atoms with Gasteiger partial charge in [-0.15, -0.1) is 0 Å². The van der Waals surface area contributed by atoms with Crippen molar-refractivity contribution >= 4 is 0 Å². The predicted octanol–water partition coefficient (Wildman–Crippen LogP) is 2.80. The van der Waals surface area contributed by atoms with Gasteiger partial charge in [0, 0.05) is 11.6 Å². The molecule has 1 aromatic rings. The van der Waals surface area contributed by atoms with E-state index in [1.165, 1.54) is 7.11 Å². The number of nitrogens with two attached hydrogens (primary N) is 1. The molecule has 1 aliphatic carbocycles. The topological polar surface area (TPSA) is 55.5 Å². The van der Waals surface area contributed by atoms with Gasteiger partial charge in [0.15, 0.2) is 23.1 Å². The summed E-state index contributed by atoms with van der Waals surface area (Å²) in [6.07, 6.45) is 3.68. The first-order valence-corrected chi connectivity index (χ1v) is 6.04. The number of ether oxygens (including phenoxy) is 1. The summed E-state index contributed by atoms with van der Waals surface area (Å²) in [4.78, 5) is 0. The number of phenolic OH excluding ortho intramolecular Hbond substituents is 1. The molecule has 3 nitrogen and oxygen atoms in total. The summed E-state index contributed by atoms with van der Waals surface area (Å²) < 4.78 is 33.0. The Morgan fingerprint density at radius 1 is 1.22 bits per heavy atom. The number of benzene rings is 1. The fraction of sp³-hybridized carbons (Fsp3) is 0.538. The van der Waals surface area contributed by atoms with Crippen LogP contribution in [0.5, 0.6) is 11.5 Å². The van der Waals surface area contributed by atoms with Crippen molar-refractivity contribution in [3.8, 4) is 11.5 Å². The Balaban J connectivity index is 2.58. The van der Waals surface area contributed by atoms with E-state index < -0.39 is 22.9 Å². The van der Waals surface area contributed by atoms with Crippen LogP contribution < -0.4 is 10.5 Å². The van der Waals surface area contributed by atoms with Gasteiger partial charge >= 0.3 is 0 Å². The van der Waals surface area contributed by atoms with E-state index in [2.05, 4.69) is 0 Å². The lowest BCUT2D eigenvalue weighted by Crippen LogP contribution is -2.40. The molecule has 1 saturated carbocycles. The molecule has 0 radical (unpaired) electrons. The third-order valence-electron chi connectivity index (χ3n) is 3.61. The number of methoxy groups -OCH3 is 1. The average Bonchev–Trinajstić information content (AvgIpc) is 2.34. The van der Waals surface area contributed by atoms with Crippen molar-refractivity contribution in [2.75, 3.05) is 7.11 Å². The summed E-state index contributed by atoms with van der Waals surface area (Å²) in [5.41, 5.74) is 4.82. The lowest BCUT2D eigenvalue weighted by molar-refractivity contribution is 0.271. The summed E-state index contributed by atoms with van der Waals surface area (Å²) in [5, 5.41) is 9.50. The summed E-state index contributed by atoms with van der Waals surface area (Å²) in [5.74, 6) is -2.59. The highest BCUT2D eigenvalue weighted by molar-refractivity contribution is 5.44. The van der Waals surface area contributed by atoms with Crippen LogP contribution in [-0.2, 0) is 5.54 Å². The molecular weight excluding hydrogens is 240 g/mol. The second-order valence-electron chi connectivity index (χ2n) is 4.82. The Morgan fingerprint density at radius 3 is 2.39 bits per heavy atom. The van der Waals surface area contributed by atoms with Crippen molar-refractivity contribution in [3.63, 3.8) is 0 Å². The zero-order chi connectivity index (χ0) is 13.3. The maximum absolute atomic E-state index is 14.2. The van der Waals surface area contributed by atoms with E-state index in [1.54, 1.807) is 0 Å². The first-order chi connectivity index (χ1) is 8.49. The van der Waals surface area contributed by atoms with Crippen LogP contribution in [-0.4, -0.2) is 12.2 Å². The lowest BCUT2D eigenvalue weighted by Gasteiger charge is -2.34. The van der Waals surface area contributed by atoms with Gasteiger partial charge < -0.3 is 15.6 Å². The standard InChI is InChI=1S/C13H17F2NO2/c1-18-9-7-8(17)11(14)10(12(9)15)13(16)5-3-2-4-6-13/h7,17H,2-6,16H2,1H3. The van der Waals surface area contributed by atoms with E-state index in [0.29, 0.717) is 12.8 Å². The van der Waals surface area contributed by atoms with Gasteiger partial charge in [0.1, 0.15) is 0 Å². The molecule has 0 spiro atoms. The number of aromatic hydroxyl groups is 1. The highest BCUT2D eigenvalue weighted by Gasteiger charge is 2.37. The molecule has 5 heteroatoms. The molecule has 100 valence electrons. The number of hydrogen-bond donors (Lipinski definition) is 2.